The number of hydrogen-bond acceptors (Lipinski definition) is 7. The van der Waals surface area contributed by atoms with Crippen LogP contribution in [0.3, 0.4) is 0 Å². The van der Waals surface area contributed by atoms with Gasteiger partial charge in [-0.1, -0.05) is 12.1 Å². The molecule has 2 heterocycles. The van der Waals surface area contributed by atoms with Gasteiger partial charge < -0.3 is 20.0 Å². The fourth-order valence-electron chi connectivity index (χ4n) is 3.69. The van der Waals surface area contributed by atoms with Gasteiger partial charge in [-0.25, -0.2) is 14.8 Å². The van der Waals surface area contributed by atoms with E-state index < -0.39 is 17.7 Å². The van der Waals surface area contributed by atoms with E-state index in [1.165, 1.54) is 6.92 Å². The van der Waals surface area contributed by atoms with Crippen LogP contribution in [0.5, 0.6) is 5.75 Å². The molecule has 3 N–H and O–H groups in total. The summed E-state index contributed by atoms with van der Waals surface area (Å²) in [5.41, 5.74) is 9.41. The van der Waals surface area contributed by atoms with Gasteiger partial charge in [0.1, 0.15) is 11.4 Å². The third-order valence-electron chi connectivity index (χ3n) is 4.90. The number of aromatic nitrogens is 1. The van der Waals surface area contributed by atoms with Gasteiger partial charge in [0.2, 0.25) is 0 Å². The van der Waals surface area contributed by atoms with Crippen LogP contribution in [-0.2, 0) is 16.1 Å². The van der Waals surface area contributed by atoms with Crippen LogP contribution in [0.4, 0.5) is 10.5 Å². The monoisotopic (exact) mass is 423 g/mol. The first-order chi connectivity index (χ1) is 14.7. The lowest BCUT2D eigenvalue weighted by Gasteiger charge is -2.22. The van der Waals surface area contributed by atoms with E-state index in [-0.39, 0.29) is 12.6 Å². The average Bonchev–Trinajstić information content (AvgIpc) is 3.25. The Labute approximate surface area is 179 Å². The summed E-state index contributed by atoms with van der Waals surface area (Å²) in [6.45, 7) is 6.72. The molecule has 1 aliphatic heterocycles. The second kappa shape index (κ2) is 7.72. The number of nitrogens with one attached hydrogen (secondary N) is 2. The van der Waals surface area contributed by atoms with Crippen molar-refractivity contribution in [1.29, 1.82) is 0 Å². The molecule has 1 aliphatic rings. The molecule has 1 unspecified atom stereocenters. The molecule has 0 saturated heterocycles. The van der Waals surface area contributed by atoms with E-state index in [1.54, 1.807) is 28.8 Å². The Morgan fingerprint density at radius 3 is 2.58 bits per heavy atom. The van der Waals surface area contributed by atoms with Gasteiger partial charge in [0.25, 0.3) is 0 Å². The second-order valence-corrected chi connectivity index (χ2v) is 8.48. The van der Waals surface area contributed by atoms with E-state index in [4.69, 9.17) is 9.47 Å². The maximum absolute atomic E-state index is 13.1. The van der Waals surface area contributed by atoms with E-state index in [9.17, 15) is 14.7 Å². The Morgan fingerprint density at radius 1 is 1.13 bits per heavy atom. The van der Waals surface area contributed by atoms with Crippen LogP contribution in [0.1, 0.15) is 50.6 Å². The van der Waals surface area contributed by atoms with Crippen LogP contribution in [0.2, 0.25) is 0 Å². The zero-order valence-corrected chi connectivity index (χ0v) is 17.9. The van der Waals surface area contributed by atoms with Crippen molar-refractivity contribution in [3.8, 4) is 5.75 Å². The zero-order chi connectivity index (χ0) is 22.3. The van der Waals surface area contributed by atoms with Crippen molar-refractivity contribution in [3.05, 3.63) is 59.3 Å². The van der Waals surface area contributed by atoms with Gasteiger partial charge in [0, 0.05) is 23.9 Å². The number of hydrazine groups is 1. The Balaban J connectivity index is 1.82. The third-order valence-corrected chi connectivity index (χ3v) is 4.90. The molecule has 0 bridgehead atoms. The van der Waals surface area contributed by atoms with Crippen molar-refractivity contribution in [1.82, 2.24) is 9.99 Å². The standard InChI is InChI=1S/C23H25N3O5/c1-13(28)30-16-6-7-17-18(11-16)24-25-21(17)20-10-15-9-14(12-27)5-8-19(15)26(20)22(29)31-23(2,3)4/h5-11,21,24-25,27H,12H2,1-4H3. The minimum absolute atomic E-state index is 0.0894. The van der Waals surface area contributed by atoms with Gasteiger partial charge in [-0.05, 0) is 50.6 Å². The first kappa shape index (κ1) is 20.9. The third kappa shape index (κ3) is 4.12. The summed E-state index contributed by atoms with van der Waals surface area (Å²) in [4.78, 5) is 24.4. The molecule has 0 amide bonds. The van der Waals surface area contributed by atoms with Crippen LogP contribution in [0, 0.1) is 0 Å². The quantitative estimate of drug-likeness (QED) is 0.434. The van der Waals surface area contributed by atoms with Crippen LogP contribution in [0.15, 0.2) is 42.5 Å². The predicted molar refractivity (Wildman–Crippen MR) is 116 cm³/mol. The molecule has 2 aromatic carbocycles. The van der Waals surface area contributed by atoms with Crippen LogP contribution in [-0.4, -0.2) is 27.3 Å². The number of rotatable bonds is 3. The summed E-state index contributed by atoms with van der Waals surface area (Å²) in [6.07, 6.45) is -0.485. The molecule has 162 valence electrons. The van der Waals surface area contributed by atoms with Crippen LogP contribution in [0.25, 0.3) is 10.9 Å². The SMILES string of the molecule is CC(=O)Oc1ccc2c(c1)NNC2c1cc2cc(CO)ccc2n1C(=O)OC(C)(C)C. The lowest BCUT2D eigenvalue weighted by Crippen LogP contribution is -2.30. The Bertz CT molecular complexity index is 1180. The summed E-state index contributed by atoms with van der Waals surface area (Å²) >= 11 is 0. The maximum Gasteiger partial charge on any atom is 0.419 e. The van der Waals surface area contributed by atoms with Crippen LogP contribution < -0.4 is 15.6 Å². The summed E-state index contributed by atoms with van der Waals surface area (Å²) < 4.78 is 12.4. The smallest absolute Gasteiger partial charge is 0.419 e. The van der Waals surface area contributed by atoms with Crippen molar-refractivity contribution < 1.29 is 24.2 Å². The summed E-state index contributed by atoms with van der Waals surface area (Å²) in [5, 5.41) is 10.3. The molecule has 3 aromatic rings. The first-order valence-electron chi connectivity index (χ1n) is 9.98. The molecule has 8 heteroatoms. The maximum atomic E-state index is 13.1. The number of ether oxygens (including phenoxy) is 2. The molecule has 4 rings (SSSR count). The molecule has 0 aliphatic carbocycles. The van der Waals surface area contributed by atoms with Crippen molar-refractivity contribution in [2.24, 2.45) is 0 Å². The topological polar surface area (TPSA) is 102 Å². The number of aliphatic hydroxyl groups excluding tert-OH is 1. The minimum Gasteiger partial charge on any atom is -0.443 e. The Kier molecular flexibility index (Phi) is 5.20. The highest BCUT2D eigenvalue weighted by atomic mass is 16.6. The number of aliphatic hydroxyl groups is 1. The molecule has 8 nitrogen and oxygen atoms in total. The molecular formula is C23H25N3O5. The molecule has 0 fully saturated rings. The van der Waals surface area contributed by atoms with Gasteiger partial charge in [-0.15, -0.1) is 0 Å². The molecule has 0 spiro atoms. The largest absolute Gasteiger partial charge is 0.443 e. The Hall–Kier alpha value is -3.36. The van der Waals surface area contributed by atoms with Crippen molar-refractivity contribution in [3.63, 3.8) is 0 Å². The highest BCUT2D eigenvalue weighted by Crippen LogP contribution is 2.38. The number of esters is 1. The van der Waals surface area contributed by atoms with Gasteiger partial charge in [-0.3, -0.25) is 4.79 Å². The van der Waals surface area contributed by atoms with E-state index >= 15 is 0 Å². The van der Waals surface area contributed by atoms with Crippen molar-refractivity contribution >= 4 is 28.7 Å². The summed E-state index contributed by atoms with van der Waals surface area (Å²) in [7, 11) is 0. The molecule has 31 heavy (non-hydrogen) atoms. The normalized spacial score (nSPS) is 15.5. The Morgan fingerprint density at radius 2 is 1.90 bits per heavy atom. The average molecular weight is 423 g/mol. The van der Waals surface area contributed by atoms with Gasteiger partial charge in [0.05, 0.1) is 29.5 Å². The number of nitrogens with zero attached hydrogens (tertiary/aromatic N) is 1. The molecule has 1 atom stereocenters. The number of anilines is 1. The number of hydrogen-bond donors (Lipinski definition) is 3. The number of carbonyl (C=O) groups excluding carboxylic acids is 2. The fourth-order valence-corrected chi connectivity index (χ4v) is 3.69. The summed E-state index contributed by atoms with van der Waals surface area (Å²) in [6, 6.07) is 12.3. The number of benzene rings is 2. The van der Waals surface area contributed by atoms with Gasteiger partial charge in [-0.2, -0.15) is 0 Å². The fraction of sp³-hybridized carbons (Fsp3) is 0.304. The highest BCUT2D eigenvalue weighted by molar-refractivity contribution is 5.92. The van der Waals surface area contributed by atoms with Gasteiger partial charge in [0.15, 0.2) is 0 Å². The summed E-state index contributed by atoms with van der Waals surface area (Å²) in [5.74, 6) is 0.0358. The van der Waals surface area contributed by atoms with E-state index in [0.29, 0.717) is 17.0 Å². The zero-order valence-electron chi connectivity index (χ0n) is 17.9. The predicted octanol–water partition coefficient (Wildman–Crippen LogP) is 3.86. The second-order valence-electron chi connectivity index (χ2n) is 8.48. The van der Waals surface area contributed by atoms with E-state index in [0.717, 1.165) is 22.2 Å². The van der Waals surface area contributed by atoms with E-state index in [2.05, 4.69) is 10.9 Å². The highest BCUT2D eigenvalue weighted by Gasteiger charge is 2.31. The van der Waals surface area contributed by atoms with Crippen molar-refractivity contribution in [2.75, 3.05) is 5.43 Å². The number of fused-ring (bicyclic) bond motifs is 2. The minimum atomic E-state index is -0.659. The first-order valence-corrected chi connectivity index (χ1v) is 9.98. The van der Waals surface area contributed by atoms with Crippen molar-refractivity contribution in [2.45, 2.75) is 45.9 Å². The van der Waals surface area contributed by atoms with Gasteiger partial charge >= 0.3 is 12.1 Å². The molecule has 1 aromatic heterocycles. The molecule has 0 radical (unpaired) electrons. The lowest BCUT2D eigenvalue weighted by atomic mass is 10.0. The van der Waals surface area contributed by atoms with Crippen LogP contribution >= 0.6 is 0 Å². The molecular weight excluding hydrogens is 398 g/mol. The molecule has 0 saturated carbocycles. The van der Waals surface area contributed by atoms with E-state index in [1.807, 2.05) is 39.0 Å². The lowest BCUT2D eigenvalue weighted by molar-refractivity contribution is -0.131. The number of carbonyl (C=O) groups is 2.